The third kappa shape index (κ3) is 6.47. The first kappa shape index (κ1) is 24.7. The molecule has 0 aliphatic heterocycles. The molecule has 0 unspecified atom stereocenters. The molecule has 0 aromatic heterocycles. The quantitative estimate of drug-likeness (QED) is 0.600. The number of aryl methyl sites for hydroxylation is 2. The molecule has 2 rings (SSSR count). The normalized spacial score (nSPS) is 12.3. The van der Waals surface area contributed by atoms with Crippen molar-refractivity contribution in [3.05, 3.63) is 59.2 Å². The van der Waals surface area contributed by atoms with E-state index < -0.39 is 16.1 Å². The summed E-state index contributed by atoms with van der Waals surface area (Å²) in [6.07, 6.45) is 1.51. The highest BCUT2D eigenvalue weighted by Crippen LogP contribution is 2.25. The molecule has 170 valence electrons. The van der Waals surface area contributed by atoms with Gasteiger partial charge in [0, 0.05) is 25.3 Å². The number of benzene rings is 2. The maximum Gasteiger partial charge on any atom is 0.244 e. The fourth-order valence-corrected chi connectivity index (χ4v) is 5.05. The van der Waals surface area contributed by atoms with Crippen LogP contribution < -0.4 is 14.5 Å². The molecule has 6 nitrogen and oxygen atoms in total. The van der Waals surface area contributed by atoms with Gasteiger partial charge in [-0.3, -0.25) is 9.10 Å². The van der Waals surface area contributed by atoms with E-state index in [1.807, 2.05) is 51.1 Å². The van der Waals surface area contributed by atoms with Gasteiger partial charge in [0.25, 0.3) is 0 Å². The second-order valence-corrected chi connectivity index (χ2v) is 9.74. The molecule has 0 radical (unpaired) electrons. The summed E-state index contributed by atoms with van der Waals surface area (Å²) in [5.74, 6) is -0.306. The van der Waals surface area contributed by atoms with E-state index in [2.05, 4.69) is 24.1 Å². The Hall–Kier alpha value is -2.54. The number of carbonyl (C=O) groups excluding carboxylic acids is 1. The Morgan fingerprint density at radius 1 is 0.935 bits per heavy atom. The number of nitrogens with one attached hydrogen (secondary N) is 1. The lowest BCUT2D eigenvalue weighted by molar-refractivity contribution is -0.122. The van der Waals surface area contributed by atoms with E-state index in [9.17, 15) is 13.2 Å². The van der Waals surface area contributed by atoms with E-state index in [0.29, 0.717) is 18.7 Å². The smallest absolute Gasteiger partial charge is 0.244 e. The fraction of sp³-hybridized carbons (Fsp3) is 0.458. The van der Waals surface area contributed by atoms with Crippen LogP contribution in [0.4, 0.5) is 11.4 Å². The molecule has 0 heterocycles. The van der Waals surface area contributed by atoms with E-state index in [-0.39, 0.29) is 5.91 Å². The molecule has 1 atom stereocenters. The molecule has 0 saturated heterocycles. The fourth-order valence-electron chi connectivity index (χ4n) is 3.86. The van der Waals surface area contributed by atoms with Crippen molar-refractivity contribution in [1.82, 2.24) is 5.32 Å². The lowest BCUT2D eigenvalue weighted by atomic mass is 10.1. The van der Waals surface area contributed by atoms with E-state index in [0.717, 1.165) is 41.7 Å². The first-order valence-electron chi connectivity index (χ1n) is 10.8. The van der Waals surface area contributed by atoms with Gasteiger partial charge < -0.3 is 10.2 Å². The summed E-state index contributed by atoms with van der Waals surface area (Å²) in [5.41, 5.74) is 4.53. The minimum Gasteiger partial charge on any atom is -0.372 e. The van der Waals surface area contributed by atoms with Crippen LogP contribution in [0.3, 0.4) is 0 Å². The maximum atomic E-state index is 13.0. The molecular weight excluding hydrogens is 410 g/mol. The first-order chi connectivity index (χ1) is 14.6. The van der Waals surface area contributed by atoms with Crippen LogP contribution in [0.5, 0.6) is 0 Å². The van der Waals surface area contributed by atoms with Gasteiger partial charge in [0.1, 0.15) is 6.04 Å². The molecular formula is C24H35N3O3S. The van der Waals surface area contributed by atoms with Crippen molar-refractivity contribution < 1.29 is 13.2 Å². The van der Waals surface area contributed by atoms with Crippen molar-refractivity contribution in [3.63, 3.8) is 0 Å². The lowest BCUT2D eigenvalue weighted by Gasteiger charge is -2.30. The van der Waals surface area contributed by atoms with E-state index in [1.54, 1.807) is 12.1 Å². The SMILES string of the molecule is CC[C@@H](C(=O)NCc1ccc(N(CC)CC)cc1)N(c1cc(C)cc(C)c1)S(C)(=O)=O. The lowest BCUT2D eigenvalue weighted by Crippen LogP contribution is -2.49. The van der Waals surface area contributed by atoms with Gasteiger partial charge in [0.15, 0.2) is 0 Å². The third-order valence-electron chi connectivity index (χ3n) is 5.32. The van der Waals surface area contributed by atoms with Gasteiger partial charge in [-0.05, 0) is 75.1 Å². The number of sulfonamides is 1. The number of carbonyl (C=O) groups is 1. The van der Waals surface area contributed by atoms with Gasteiger partial charge in [-0.2, -0.15) is 0 Å². The van der Waals surface area contributed by atoms with Crippen LogP contribution in [-0.2, 0) is 21.4 Å². The molecule has 0 spiro atoms. The molecule has 0 fully saturated rings. The predicted octanol–water partition coefficient (Wildman–Crippen LogP) is 4.01. The second kappa shape index (κ2) is 10.7. The first-order valence-corrected chi connectivity index (χ1v) is 12.6. The summed E-state index contributed by atoms with van der Waals surface area (Å²) < 4.78 is 26.5. The Bertz CT molecular complexity index is 963. The molecule has 0 bridgehead atoms. The monoisotopic (exact) mass is 445 g/mol. The molecule has 1 amide bonds. The zero-order valence-electron chi connectivity index (χ0n) is 19.5. The maximum absolute atomic E-state index is 13.0. The number of nitrogens with zero attached hydrogens (tertiary/aromatic N) is 2. The zero-order chi connectivity index (χ0) is 23.2. The Morgan fingerprint density at radius 3 is 1.94 bits per heavy atom. The summed E-state index contributed by atoms with van der Waals surface area (Å²) in [4.78, 5) is 15.3. The van der Waals surface area contributed by atoms with Crippen LogP contribution in [-0.4, -0.2) is 39.7 Å². The standard InChI is InChI=1S/C24H35N3O3S/c1-7-23(27(31(6,29)30)22-15-18(4)14-19(5)16-22)24(28)25-17-20-10-12-21(13-11-20)26(8-2)9-3/h10-16,23H,7-9,17H2,1-6H3,(H,25,28)/t23-/m0/s1. The van der Waals surface area contributed by atoms with Crippen molar-refractivity contribution in [2.45, 2.75) is 53.6 Å². The minimum absolute atomic E-state index is 0.306. The van der Waals surface area contributed by atoms with Gasteiger partial charge in [-0.25, -0.2) is 8.42 Å². The van der Waals surface area contributed by atoms with Crippen molar-refractivity contribution in [1.29, 1.82) is 0 Å². The zero-order valence-corrected chi connectivity index (χ0v) is 20.3. The van der Waals surface area contributed by atoms with Gasteiger partial charge in [0.2, 0.25) is 15.9 Å². The number of hydrogen-bond donors (Lipinski definition) is 1. The van der Waals surface area contributed by atoms with Crippen molar-refractivity contribution >= 4 is 27.3 Å². The number of hydrogen-bond acceptors (Lipinski definition) is 4. The Kier molecular flexibility index (Phi) is 8.51. The average molecular weight is 446 g/mol. The van der Waals surface area contributed by atoms with Crippen LogP contribution in [0.15, 0.2) is 42.5 Å². The Labute approximate surface area is 187 Å². The molecule has 0 aliphatic carbocycles. The van der Waals surface area contributed by atoms with Crippen LogP contribution in [0, 0.1) is 13.8 Å². The average Bonchev–Trinajstić information content (AvgIpc) is 2.70. The molecule has 1 N–H and O–H groups in total. The van der Waals surface area contributed by atoms with Crippen molar-refractivity contribution in [2.24, 2.45) is 0 Å². The summed E-state index contributed by atoms with van der Waals surface area (Å²) in [6, 6.07) is 12.8. The van der Waals surface area contributed by atoms with E-state index in [1.165, 1.54) is 4.31 Å². The molecule has 2 aromatic rings. The van der Waals surface area contributed by atoms with Crippen LogP contribution in [0.2, 0.25) is 0 Å². The van der Waals surface area contributed by atoms with Crippen LogP contribution in [0.25, 0.3) is 0 Å². The van der Waals surface area contributed by atoms with Gasteiger partial charge in [-0.1, -0.05) is 25.1 Å². The summed E-state index contributed by atoms with van der Waals surface area (Å²) in [5, 5.41) is 2.92. The Balaban J connectivity index is 2.20. The number of anilines is 2. The largest absolute Gasteiger partial charge is 0.372 e. The van der Waals surface area contributed by atoms with E-state index >= 15 is 0 Å². The third-order valence-corrected chi connectivity index (χ3v) is 6.50. The topological polar surface area (TPSA) is 69.7 Å². The van der Waals surface area contributed by atoms with Crippen molar-refractivity contribution in [2.75, 3.05) is 28.6 Å². The van der Waals surface area contributed by atoms with E-state index in [4.69, 9.17) is 0 Å². The van der Waals surface area contributed by atoms with Gasteiger partial charge >= 0.3 is 0 Å². The minimum atomic E-state index is -3.64. The Morgan fingerprint density at radius 2 is 1.48 bits per heavy atom. The highest BCUT2D eigenvalue weighted by atomic mass is 32.2. The summed E-state index contributed by atoms with van der Waals surface area (Å²) in [7, 11) is -3.64. The van der Waals surface area contributed by atoms with Crippen molar-refractivity contribution in [3.8, 4) is 0 Å². The molecule has 0 aliphatic rings. The van der Waals surface area contributed by atoms with Crippen LogP contribution in [0.1, 0.15) is 43.9 Å². The molecule has 0 saturated carbocycles. The van der Waals surface area contributed by atoms with Gasteiger partial charge in [-0.15, -0.1) is 0 Å². The molecule has 2 aromatic carbocycles. The number of amides is 1. The summed E-state index contributed by atoms with van der Waals surface area (Å²) in [6.45, 7) is 12.1. The molecule has 7 heteroatoms. The molecule has 31 heavy (non-hydrogen) atoms. The highest BCUT2D eigenvalue weighted by molar-refractivity contribution is 7.92. The summed E-state index contributed by atoms with van der Waals surface area (Å²) >= 11 is 0. The highest BCUT2D eigenvalue weighted by Gasteiger charge is 2.31. The van der Waals surface area contributed by atoms with Gasteiger partial charge in [0.05, 0.1) is 11.9 Å². The predicted molar refractivity (Wildman–Crippen MR) is 129 cm³/mol. The number of rotatable bonds is 10. The van der Waals surface area contributed by atoms with Crippen LogP contribution >= 0.6 is 0 Å². The second-order valence-electron chi connectivity index (χ2n) is 7.89.